The topological polar surface area (TPSA) is 101 Å². The van der Waals surface area contributed by atoms with Crippen LogP contribution in [0.1, 0.15) is 47.8 Å². The number of nitrogens with zero attached hydrogens (tertiary/aromatic N) is 1. The molecule has 5 N–H and O–H groups in total. The fourth-order valence-corrected chi connectivity index (χ4v) is 3.42. The van der Waals surface area contributed by atoms with Crippen LogP contribution in [0, 0.1) is 0 Å². The summed E-state index contributed by atoms with van der Waals surface area (Å²) in [6.07, 6.45) is -2.87. The summed E-state index contributed by atoms with van der Waals surface area (Å²) in [6, 6.07) is 21.1. The first-order valence-corrected chi connectivity index (χ1v) is 12.3. The van der Waals surface area contributed by atoms with Gasteiger partial charge in [-0.25, -0.2) is 10.8 Å². The Hall–Kier alpha value is -4.57. The van der Waals surface area contributed by atoms with E-state index in [1.165, 1.54) is 0 Å². The van der Waals surface area contributed by atoms with Gasteiger partial charge in [-0.3, -0.25) is 10.1 Å². The lowest BCUT2D eigenvalue weighted by atomic mass is 10.1. The molecule has 7 nitrogen and oxygen atoms in total. The lowest BCUT2D eigenvalue weighted by molar-refractivity contribution is -0.137. The van der Waals surface area contributed by atoms with E-state index in [0.29, 0.717) is 17.9 Å². The molecule has 0 aliphatic carbocycles. The van der Waals surface area contributed by atoms with Crippen LogP contribution in [0.2, 0.25) is 0 Å². The molecule has 1 amide bonds. The van der Waals surface area contributed by atoms with Crippen molar-refractivity contribution in [3.8, 4) is 5.75 Å². The molecule has 0 fully saturated rings. The maximum atomic E-state index is 12.9. The molecule has 0 spiro atoms. The van der Waals surface area contributed by atoms with Crippen molar-refractivity contribution in [2.24, 2.45) is 10.8 Å². The van der Waals surface area contributed by atoms with Gasteiger partial charge >= 0.3 is 6.18 Å². The Balaban J connectivity index is 1.71. The third kappa shape index (κ3) is 9.32. The quantitative estimate of drug-likeness (QED) is 0.0936. The number of aliphatic imine (C=N–C) groups is 1. The highest BCUT2D eigenvalue weighted by Gasteiger charge is 2.30. The van der Waals surface area contributed by atoms with Crippen LogP contribution in [0.25, 0.3) is 5.57 Å². The molecular weight excluding hydrogens is 519 g/mol. The van der Waals surface area contributed by atoms with Gasteiger partial charge in [0.15, 0.2) is 0 Å². The average Bonchev–Trinajstić information content (AvgIpc) is 2.91. The summed E-state index contributed by atoms with van der Waals surface area (Å²) < 4.78 is 44.5. The largest absolute Gasteiger partial charge is 0.489 e. The molecule has 0 bridgehead atoms. The number of amides is 1. The molecule has 3 aromatic rings. The Morgan fingerprint density at radius 2 is 1.52 bits per heavy atom. The minimum atomic E-state index is -4.50. The van der Waals surface area contributed by atoms with E-state index in [1.807, 2.05) is 75.4 Å². The number of benzene rings is 3. The predicted octanol–water partition coefficient (Wildman–Crippen LogP) is 5.78. The van der Waals surface area contributed by atoms with Crippen LogP contribution >= 0.6 is 0 Å². The molecule has 0 aliphatic rings. The Morgan fingerprint density at radius 1 is 0.925 bits per heavy atom. The van der Waals surface area contributed by atoms with Crippen LogP contribution in [0.3, 0.4) is 0 Å². The molecule has 0 atom stereocenters. The zero-order valence-electron chi connectivity index (χ0n) is 22.5. The lowest BCUT2D eigenvalue weighted by Gasteiger charge is -2.19. The summed E-state index contributed by atoms with van der Waals surface area (Å²) in [5, 5.41) is 5.52. The lowest BCUT2D eigenvalue weighted by Crippen LogP contribution is -2.46. The summed E-state index contributed by atoms with van der Waals surface area (Å²) in [4.78, 5) is 17.2. The van der Waals surface area contributed by atoms with Crippen molar-refractivity contribution < 1.29 is 22.7 Å². The highest BCUT2D eigenvalue weighted by molar-refractivity contribution is 6.06. The number of carbonyl (C=O) groups excluding carboxylic acids is 1. The number of rotatable bonds is 8. The highest BCUT2D eigenvalue weighted by Crippen LogP contribution is 2.29. The van der Waals surface area contributed by atoms with Crippen molar-refractivity contribution in [1.29, 1.82) is 0 Å². The number of allylic oxidation sites excluding steroid dienone is 2. The molecule has 0 aliphatic heterocycles. The molecule has 40 heavy (non-hydrogen) atoms. The summed E-state index contributed by atoms with van der Waals surface area (Å²) in [6.45, 7) is 9.98. The van der Waals surface area contributed by atoms with Gasteiger partial charge < -0.3 is 15.5 Å². The van der Waals surface area contributed by atoms with E-state index in [-0.39, 0.29) is 17.3 Å². The Kier molecular flexibility index (Phi) is 9.73. The SMILES string of the molecule is C=C(/C=C(\NN)NC(=NC(C)(C)C)NC(=O)c1ccc(C(F)(F)F)cc1)c1ccc(OCc2ccccc2)cc1. The van der Waals surface area contributed by atoms with Crippen LogP contribution in [0.15, 0.2) is 102 Å². The second kappa shape index (κ2) is 13.0. The minimum absolute atomic E-state index is 0.0293. The number of nitrogens with two attached hydrogens (primary N) is 1. The van der Waals surface area contributed by atoms with Crippen molar-refractivity contribution in [2.45, 2.75) is 39.1 Å². The molecule has 10 heteroatoms. The maximum absolute atomic E-state index is 12.9. The van der Waals surface area contributed by atoms with Crippen LogP contribution in [0.4, 0.5) is 13.2 Å². The van der Waals surface area contributed by atoms with E-state index in [0.717, 1.165) is 35.4 Å². The Bertz CT molecular complexity index is 1360. The molecule has 0 saturated carbocycles. The van der Waals surface area contributed by atoms with Crippen LogP contribution in [-0.4, -0.2) is 17.4 Å². The van der Waals surface area contributed by atoms with Crippen LogP contribution in [0.5, 0.6) is 5.75 Å². The average molecular weight is 552 g/mol. The van der Waals surface area contributed by atoms with E-state index >= 15 is 0 Å². The molecule has 0 saturated heterocycles. The summed E-state index contributed by atoms with van der Waals surface area (Å²) in [7, 11) is 0. The first kappa shape index (κ1) is 30.0. The zero-order chi connectivity index (χ0) is 29.3. The zero-order valence-corrected chi connectivity index (χ0v) is 22.5. The van der Waals surface area contributed by atoms with Gasteiger partial charge in [0.2, 0.25) is 5.96 Å². The number of halogens is 3. The van der Waals surface area contributed by atoms with E-state index in [4.69, 9.17) is 10.6 Å². The maximum Gasteiger partial charge on any atom is 0.416 e. The van der Waals surface area contributed by atoms with Crippen molar-refractivity contribution >= 4 is 17.4 Å². The summed E-state index contributed by atoms with van der Waals surface area (Å²) >= 11 is 0. The standard InChI is InChI=1S/C30H32F3N5O2/c1-20(22-12-16-25(17-13-22)40-19-21-8-6-5-7-9-21)18-26(38-34)35-28(37-29(2,3)4)36-27(39)23-10-14-24(15-11-23)30(31,32)33/h5-18,38H,1,19,34H2,2-4H3,(H2,35,36,37,39)/b26-18-. The number of alkyl halides is 3. The van der Waals surface area contributed by atoms with E-state index < -0.39 is 23.2 Å². The Morgan fingerprint density at radius 3 is 2.08 bits per heavy atom. The first-order valence-electron chi connectivity index (χ1n) is 12.3. The number of hydrazine groups is 1. The van der Waals surface area contributed by atoms with Gasteiger partial charge in [-0.15, -0.1) is 0 Å². The van der Waals surface area contributed by atoms with Crippen molar-refractivity contribution in [3.05, 3.63) is 120 Å². The van der Waals surface area contributed by atoms with Gasteiger partial charge in [-0.05, 0) is 79.9 Å². The monoisotopic (exact) mass is 551 g/mol. The molecular formula is C30H32F3N5O2. The summed E-state index contributed by atoms with van der Waals surface area (Å²) in [5.74, 6) is 6.07. The van der Waals surface area contributed by atoms with Gasteiger partial charge in [0.25, 0.3) is 5.91 Å². The fraction of sp³-hybridized carbons (Fsp3) is 0.200. The smallest absolute Gasteiger partial charge is 0.416 e. The molecule has 0 heterocycles. The fourth-order valence-electron chi connectivity index (χ4n) is 3.42. The Labute approximate surface area is 231 Å². The predicted molar refractivity (Wildman–Crippen MR) is 151 cm³/mol. The molecule has 0 radical (unpaired) electrons. The van der Waals surface area contributed by atoms with Gasteiger partial charge in [0, 0.05) is 5.56 Å². The highest BCUT2D eigenvalue weighted by atomic mass is 19.4. The number of carbonyl (C=O) groups is 1. The van der Waals surface area contributed by atoms with Crippen molar-refractivity contribution in [2.75, 3.05) is 0 Å². The van der Waals surface area contributed by atoms with E-state index in [9.17, 15) is 18.0 Å². The van der Waals surface area contributed by atoms with E-state index in [2.05, 4.69) is 27.6 Å². The van der Waals surface area contributed by atoms with E-state index in [1.54, 1.807) is 6.08 Å². The second-order valence-electron chi connectivity index (χ2n) is 9.81. The molecule has 3 rings (SSSR count). The third-order valence-corrected chi connectivity index (χ3v) is 5.35. The van der Waals surface area contributed by atoms with Gasteiger partial charge in [-0.2, -0.15) is 13.2 Å². The van der Waals surface area contributed by atoms with Crippen LogP contribution < -0.4 is 26.6 Å². The normalized spacial score (nSPS) is 12.5. The number of ether oxygens (including phenoxy) is 1. The van der Waals surface area contributed by atoms with Crippen molar-refractivity contribution in [1.82, 2.24) is 16.1 Å². The van der Waals surface area contributed by atoms with Crippen LogP contribution in [-0.2, 0) is 12.8 Å². The molecule has 3 aromatic carbocycles. The molecule has 210 valence electrons. The number of nitrogens with one attached hydrogen (secondary N) is 3. The van der Waals surface area contributed by atoms with Crippen molar-refractivity contribution in [3.63, 3.8) is 0 Å². The second-order valence-corrected chi connectivity index (χ2v) is 9.81. The van der Waals surface area contributed by atoms with Gasteiger partial charge in [0.1, 0.15) is 18.2 Å². The molecule has 0 unspecified atom stereocenters. The number of hydrogen-bond donors (Lipinski definition) is 4. The number of guanidine groups is 1. The number of hydrogen-bond acceptors (Lipinski definition) is 5. The summed E-state index contributed by atoms with van der Waals surface area (Å²) in [5.41, 5.74) is 3.53. The third-order valence-electron chi connectivity index (χ3n) is 5.35. The first-order chi connectivity index (χ1) is 18.8. The minimum Gasteiger partial charge on any atom is -0.489 e. The molecule has 0 aromatic heterocycles. The van der Waals surface area contributed by atoms with Gasteiger partial charge in [-0.1, -0.05) is 49.0 Å². The van der Waals surface area contributed by atoms with Gasteiger partial charge in [0.05, 0.1) is 11.1 Å².